The second-order valence-electron chi connectivity index (χ2n) is 5.14. The molecule has 1 aromatic carbocycles. The molecule has 0 spiro atoms. The van der Waals surface area contributed by atoms with Crippen LogP contribution in [0.2, 0.25) is 0 Å². The number of rotatable bonds is 4. The van der Waals surface area contributed by atoms with Gasteiger partial charge in [0.1, 0.15) is 11.5 Å². The molecular weight excluding hydrogens is 264 g/mol. The van der Waals surface area contributed by atoms with Crippen molar-refractivity contribution in [3.63, 3.8) is 0 Å². The molecule has 1 heterocycles. The van der Waals surface area contributed by atoms with Crippen LogP contribution in [0.25, 0.3) is 17.2 Å². The van der Waals surface area contributed by atoms with E-state index in [1.54, 1.807) is 13.0 Å². The monoisotopic (exact) mass is 282 g/mol. The zero-order chi connectivity index (χ0) is 15.6. The van der Waals surface area contributed by atoms with Gasteiger partial charge < -0.3 is 4.42 Å². The molecule has 108 valence electrons. The van der Waals surface area contributed by atoms with E-state index in [0.717, 1.165) is 16.7 Å². The fourth-order valence-corrected chi connectivity index (χ4v) is 2.31. The molecule has 0 N–H and O–H groups in total. The number of aryl methyl sites for hydroxylation is 2. The summed E-state index contributed by atoms with van der Waals surface area (Å²) in [5, 5.41) is 0. The van der Waals surface area contributed by atoms with Crippen LogP contribution in [0, 0.1) is 13.8 Å². The number of carbonyl (C=O) groups is 2. The molecule has 0 aliphatic heterocycles. The Kier molecular flexibility index (Phi) is 4.22. The van der Waals surface area contributed by atoms with Crippen molar-refractivity contribution in [1.82, 2.24) is 0 Å². The van der Waals surface area contributed by atoms with Gasteiger partial charge in [-0.25, -0.2) is 0 Å². The Morgan fingerprint density at radius 3 is 2.19 bits per heavy atom. The van der Waals surface area contributed by atoms with Crippen molar-refractivity contribution in [2.24, 2.45) is 0 Å². The topological polar surface area (TPSA) is 47.3 Å². The van der Waals surface area contributed by atoms with E-state index < -0.39 is 0 Å². The zero-order valence-electron chi connectivity index (χ0n) is 12.7. The number of Topliss-reactive ketones (excluding diaryl/α,β-unsaturated/α-hetero) is 1. The van der Waals surface area contributed by atoms with E-state index in [1.807, 2.05) is 31.2 Å². The summed E-state index contributed by atoms with van der Waals surface area (Å²) in [6.07, 6.45) is 3.07. The summed E-state index contributed by atoms with van der Waals surface area (Å²) in [5.41, 5.74) is 3.37. The Balaban J connectivity index is 2.67. The summed E-state index contributed by atoms with van der Waals surface area (Å²) in [4.78, 5) is 23.1. The fourth-order valence-electron chi connectivity index (χ4n) is 2.31. The Labute approximate surface area is 124 Å². The minimum Gasteiger partial charge on any atom is -0.461 e. The predicted molar refractivity (Wildman–Crippen MR) is 83.3 cm³/mol. The van der Waals surface area contributed by atoms with E-state index in [2.05, 4.69) is 0 Å². The van der Waals surface area contributed by atoms with Gasteiger partial charge in [0.05, 0.1) is 5.56 Å². The maximum atomic E-state index is 11.9. The van der Waals surface area contributed by atoms with Gasteiger partial charge in [0.25, 0.3) is 0 Å². The molecule has 0 bridgehead atoms. The number of hydrogen-bond donors (Lipinski definition) is 0. The lowest BCUT2D eigenvalue weighted by Crippen LogP contribution is -1.95. The number of ketones is 2. The first-order valence-electron chi connectivity index (χ1n) is 6.80. The van der Waals surface area contributed by atoms with E-state index in [-0.39, 0.29) is 11.6 Å². The predicted octanol–water partition coefficient (Wildman–Crippen LogP) is 4.37. The number of hydrogen-bond acceptors (Lipinski definition) is 3. The molecule has 0 aliphatic carbocycles. The molecule has 0 radical (unpaired) electrons. The van der Waals surface area contributed by atoms with E-state index >= 15 is 0 Å². The minimum absolute atomic E-state index is 0.0469. The first kappa shape index (κ1) is 15.0. The first-order chi connectivity index (χ1) is 9.90. The van der Waals surface area contributed by atoms with Crippen LogP contribution in [-0.2, 0) is 4.79 Å². The van der Waals surface area contributed by atoms with Crippen LogP contribution in [0.15, 0.2) is 34.8 Å². The van der Waals surface area contributed by atoms with Gasteiger partial charge in [-0.3, -0.25) is 9.59 Å². The van der Waals surface area contributed by atoms with Crippen molar-refractivity contribution >= 4 is 17.6 Å². The third-order valence-electron chi connectivity index (χ3n) is 3.27. The average Bonchev–Trinajstić information content (AvgIpc) is 2.74. The molecule has 0 saturated heterocycles. The summed E-state index contributed by atoms with van der Waals surface area (Å²) in [7, 11) is 0. The lowest BCUT2D eigenvalue weighted by molar-refractivity contribution is -0.112. The molecule has 0 saturated carbocycles. The third-order valence-corrected chi connectivity index (χ3v) is 3.27. The highest BCUT2D eigenvalue weighted by Crippen LogP contribution is 2.34. The molecule has 2 rings (SSSR count). The minimum atomic E-state index is -0.0664. The summed E-state index contributed by atoms with van der Waals surface area (Å²) in [5.74, 6) is 0.996. The second-order valence-corrected chi connectivity index (χ2v) is 5.14. The molecule has 2 aromatic rings. The maximum absolute atomic E-state index is 11.9. The van der Waals surface area contributed by atoms with Crippen molar-refractivity contribution in [1.29, 1.82) is 0 Å². The number of benzene rings is 1. The Bertz CT molecular complexity index is 716. The Morgan fingerprint density at radius 1 is 1.05 bits per heavy atom. The van der Waals surface area contributed by atoms with Gasteiger partial charge in [-0.1, -0.05) is 29.8 Å². The van der Waals surface area contributed by atoms with Crippen LogP contribution in [0.3, 0.4) is 0 Å². The van der Waals surface area contributed by atoms with E-state index in [1.165, 1.54) is 19.9 Å². The molecular formula is C18H18O3. The van der Waals surface area contributed by atoms with Crippen LogP contribution in [-0.4, -0.2) is 11.6 Å². The summed E-state index contributed by atoms with van der Waals surface area (Å²) >= 11 is 0. The SMILES string of the molecule is CC(=O)/C=C/c1oc(C)c(C(C)=O)c1-c1ccc(C)cc1. The fraction of sp³-hybridized carbons (Fsp3) is 0.222. The van der Waals surface area contributed by atoms with Crippen LogP contribution in [0.4, 0.5) is 0 Å². The summed E-state index contributed by atoms with van der Waals surface area (Å²) in [6.45, 7) is 6.77. The standard InChI is InChI=1S/C18H18O3/c1-11-5-8-15(9-6-11)18-16(10-7-12(2)19)21-14(4)17(18)13(3)20/h5-10H,1-4H3/b10-7+. The van der Waals surface area contributed by atoms with Crippen molar-refractivity contribution in [3.05, 3.63) is 53.0 Å². The van der Waals surface area contributed by atoms with Gasteiger partial charge in [-0.15, -0.1) is 0 Å². The van der Waals surface area contributed by atoms with Crippen molar-refractivity contribution in [3.8, 4) is 11.1 Å². The summed E-state index contributed by atoms with van der Waals surface area (Å²) in [6, 6.07) is 7.88. The highest BCUT2D eigenvalue weighted by atomic mass is 16.3. The van der Waals surface area contributed by atoms with E-state index in [0.29, 0.717) is 17.1 Å². The van der Waals surface area contributed by atoms with Gasteiger partial charge in [0.15, 0.2) is 11.6 Å². The molecule has 3 heteroatoms. The van der Waals surface area contributed by atoms with Gasteiger partial charge in [-0.2, -0.15) is 0 Å². The smallest absolute Gasteiger partial charge is 0.163 e. The van der Waals surface area contributed by atoms with Crippen LogP contribution in [0.5, 0.6) is 0 Å². The number of carbonyl (C=O) groups excluding carboxylic acids is 2. The van der Waals surface area contributed by atoms with Gasteiger partial charge in [0, 0.05) is 5.56 Å². The molecule has 3 nitrogen and oxygen atoms in total. The van der Waals surface area contributed by atoms with Crippen molar-refractivity contribution in [2.45, 2.75) is 27.7 Å². The lowest BCUT2D eigenvalue weighted by Gasteiger charge is -2.03. The zero-order valence-corrected chi connectivity index (χ0v) is 12.7. The maximum Gasteiger partial charge on any atom is 0.163 e. The molecule has 0 amide bonds. The van der Waals surface area contributed by atoms with E-state index in [4.69, 9.17) is 4.42 Å². The van der Waals surface area contributed by atoms with Gasteiger partial charge in [-0.05, 0) is 45.4 Å². The van der Waals surface area contributed by atoms with Gasteiger partial charge >= 0.3 is 0 Å². The van der Waals surface area contributed by atoms with Crippen molar-refractivity contribution < 1.29 is 14.0 Å². The van der Waals surface area contributed by atoms with Crippen molar-refractivity contribution in [2.75, 3.05) is 0 Å². The quantitative estimate of drug-likeness (QED) is 0.618. The molecule has 0 atom stereocenters. The normalized spacial score (nSPS) is 11.0. The Morgan fingerprint density at radius 2 is 1.67 bits per heavy atom. The largest absolute Gasteiger partial charge is 0.461 e. The third kappa shape index (κ3) is 3.19. The molecule has 1 aromatic heterocycles. The highest BCUT2D eigenvalue weighted by Gasteiger charge is 2.20. The lowest BCUT2D eigenvalue weighted by atomic mass is 9.97. The van der Waals surface area contributed by atoms with Crippen LogP contribution in [0.1, 0.15) is 41.3 Å². The molecule has 21 heavy (non-hydrogen) atoms. The molecule has 0 aliphatic rings. The average molecular weight is 282 g/mol. The summed E-state index contributed by atoms with van der Waals surface area (Å²) < 4.78 is 5.68. The Hall–Kier alpha value is -2.42. The number of furan rings is 1. The second kappa shape index (κ2) is 5.92. The highest BCUT2D eigenvalue weighted by molar-refractivity contribution is 6.04. The van der Waals surface area contributed by atoms with E-state index in [9.17, 15) is 9.59 Å². The van der Waals surface area contributed by atoms with Crippen LogP contribution >= 0.6 is 0 Å². The van der Waals surface area contributed by atoms with Crippen LogP contribution < -0.4 is 0 Å². The first-order valence-corrected chi connectivity index (χ1v) is 6.80. The van der Waals surface area contributed by atoms with Gasteiger partial charge in [0.2, 0.25) is 0 Å². The molecule has 0 fully saturated rings. The number of allylic oxidation sites excluding steroid dienone is 1. The molecule has 0 unspecified atom stereocenters.